The smallest absolute Gasteiger partial charge is 0.726 e. The van der Waals surface area contributed by atoms with E-state index in [1.165, 1.54) is 57.2 Å². The molecule has 1 aromatic heterocycles. The largest absolute Gasteiger partial charge is 1.00 e. The van der Waals surface area contributed by atoms with Gasteiger partial charge in [0.2, 0.25) is 10.4 Å². The van der Waals surface area contributed by atoms with Crippen LogP contribution in [0, 0.1) is 10.1 Å². The summed E-state index contributed by atoms with van der Waals surface area (Å²) in [4.78, 5) is 12.9. The van der Waals surface area contributed by atoms with Gasteiger partial charge in [-0.05, 0) is 22.4 Å². The molecule has 0 radical (unpaired) electrons. The summed E-state index contributed by atoms with van der Waals surface area (Å²) in [6, 6.07) is 4.55. The predicted molar refractivity (Wildman–Crippen MR) is 98.4 cm³/mol. The second-order valence-electron chi connectivity index (χ2n) is 5.86. The van der Waals surface area contributed by atoms with Gasteiger partial charge in [0.25, 0.3) is 0 Å². The van der Waals surface area contributed by atoms with Crippen LogP contribution in [0.3, 0.4) is 0 Å². The van der Waals surface area contributed by atoms with E-state index in [-0.39, 0.29) is 42.0 Å². The molecule has 0 bridgehead atoms. The summed E-state index contributed by atoms with van der Waals surface area (Å²) < 4.78 is 34.5. The first-order chi connectivity index (χ1) is 12.4. The Morgan fingerprint density at radius 3 is 1.89 bits per heavy atom. The van der Waals surface area contributed by atoms with E-state index in [1.807, 2.05) is 0 Å². The molecule has 0 N–H and O–H groups in total. The molecular formula is C17H29N2NaO6S. The Balaban J connectivity index is 0. The van der Waals surface area contributed by atoms with Crippen LogP contribution < -0.4 is 29.6 Å². The van der Waals surface area contributed by atoms with Gasteiger partial charge in [-0.25, -0.2) is 8.42 Å². The van der Waals surface area contributed by atoms with Gasteiger partial charge in [-0.15, -0.1) is 0 Å². The molecule has 0 amide bonds. The van der Waals surface area contributed by atoms with E-state index in [4.69, 9.17) is 0 Å². The summed E-state index contributed by atoms with van der Waals surface area (Å²) in [7, 11) is -4.48. The summed E-state index contributed by atoms with van der Waals surface area (Å²) >= 11 is 0. The summed E-state index contributed by atoms with van der Waals surface area (Å²) in [6.45, 7) is 2.24. The third kappa shape index (κ3) is 21.6. The fraction of sp³-hybridized carbons (Fsp3) is 0.706. The third-order valence-corrected chi connectivity index (χ3v) is 4.02. The molecule has 10 heteroatoms. The van der Waals surface area contributed by atoms with E-state index in [0.29, 0.717) is 6.42 Å². The van der Waals surface area contributed by atoms with Crippen LogP contribution in [0.25, 0.3) is 0 Å². The summed E-state index contributed by atoms with van der Waals surface area (Å²) in [5.74, 6) is -0.113. The van der Waals surface area contributed by atoms with Crippen LogP contribution in [-0.4, -0.2) is 29.5 Å². The van der Waals surface area contributed by atoms with Crippen LogP contribution in [0.4, 0.5) is 5.82 Å². The number of nitrogens with zero attached hydrogens (tertiary/aromatic N) is 2. The monoisotopic (exact) mass is 412 g/mol. The first-order valence-corrected chi connectivity index (χ1v) is 10.4. The molecule has 0 aliphatic carbocycles. The number of unbranched alkanes of at least 4 members (excludes halogenated alkanes) is 9. The maximum atomic E-state index is 10.1. The minimum atomic E-state index is -4.48. The Bertz CT molecular complexity index is 572. The van der Waals surface area contributed by atoms with Gasteiger partial charge in [0.15, 0.2) is 0 Å². The van der Waals surface area contributed by atoms with Crippen molar-refractivity contribution in [1.82, 2.24) is 4.98 Å². The molecule has 0 fully saturated rings. The number of rotatable bonds is 13. The topological polar surface area (TPSA) is 122 Å². The van der Waals surface area contributed by atoms with Crippen molar-refractivity contribution < 1.29 is 51.6 Å². The molecule has 1 aromatic rings. The van der Waals surface area contributed by atoms with Crippen molar-refractivity contribution in [3.05, 3.63) is 34.5 Å². The summed E-state index contributed by atoms with van der Waals surface area (Å²) in [6.07, 6.45) is 13.1. The standard InChI is InChI=1S/C12H26O4S.C5H4N2O2.Na/c1-2-3-4-5-6-7-8-9-10-11-12-16-17(13,14)15;8-7(9)5-3-1-2-4-6-5;/h2-12H2,1H3,(H,13,14,15);1-4H;/q;;+1/p-1. The van der Waals surface area contributed by atoms with Gasteiger partial charge in [-0.2, -0.15) is 0 Å². The van der Waals surface area contributed by atoms with Gasteiger partial charge in [0.1, 0.15) is 6.20 Å². The minimum Gasteiger partial charge on any atom is -0.726 e. The second-order valence-corrected chi connectivity index (χ2v) is 6.91. The average Bonchev–Trinajstić information content (AvgIpc) is 2.60. The molecule has 150 valence electrons. The molecule has 8 nitrogen and oxygen atoms in total. The third-order valence-electron chi connectivity index (χ3n) is 3.56. The predicted octanol–water partition coefficient (Wildman–Crippen LogP) is 1.38. The van der Waals surface area contributed by atoms with Crippen molar-refractivity contribution in [2.45, 2.75) is 71.1 Å². The Hall–Kier alpha value is -0.580. The van der Waals surface area contributed by atoms with E-state index in [0.717, 1.165) is 12.8 Å². The van der Waals surface area contributed by atoms with E-state index >= 15 is 0 Å². The van der Waals surface area contributed by atoms with Crippen molar-refractivity contribution in [2.75, 3.05) is 6.61 Å². The average molecular weight is 412 g/mol. The van der Waals surface area contributed by atoms with E-state index in [2.05, 4.69) is 16.1 Å². The molecule has 0 aliphatic rings. The van der Waals surface area contributed by atoms with Gasteiger partial charge in [0, 0.05) is 6.07 Å². The minimum absolute atomic E-state index is 0. The first-order valence-electron chi connectivity index (χ1n) is 9.02. The van der Waals surface area contributed by atoms with Crippen LogP contribution in [-0.2, 0) is 14.6 Å². The fourth-order valence-corrected chi connectivity index (χ4v) is 2.53. The number of aromatic nitrogens is 1. The molecule has 27 heavy (non-hydrogen) atoms. The maximum absolute atomic E-state index is 10.1. The van der Waals surface area contributed by atoms with Crippen molar-refractivity contribution >= 4 is 16.2 Å². The van der Waals surface area contributed by atoms with Crippen molar-refractivity contribution in [2.24, 2.45) is 0 Å². The zero-order valence-corrected chi connectivity index (χ0v) is 19.2. The molecule has 0 aromatic carbocycles. The van der Waals surface area contributed by atoms with Crippen LogP contribution in [0.5, 0.6) is 0 Å². The van der Waals surface area contributed by atoms with Gasteiger partial charge in [0.05, 0.1) is 6.61 Å². The Morgan fingerprint density at radius 1 is 1.00 bits per heavy atom. The summed E-state index contributed by atoms with van der Waals surface area (Å²) in [5, 5.41) is 9.94. The molecule has 1 heterocycles. The van der Waals surface area contributed by atoms with E-state index in [9.17, 15) is 23.1 Å². The molecule has 0 saturated carbocycles. The number of hydrogen-bond acceptors (Lipinski definition) is 7. The maximum Gasteiger partial charge on any atom is 1.00 e. The van der Waals surface area contributed by atoms with Crippen molar-refractivity contribution in [3.63, 3.8) is 0 Å². The fourth-order valence-electron chi connectivity index (χ4n) is 2.21. The number of pyridine rings is 1. The second kappa shape index (κ2) is 18.8. The molecule has 0 unspecified atom stereocenters. The van der Waals surface area contributed by atoms with Crippen LogP contribution in [0.2, 0.25) is 0 Å². The van der Waals surface area contributed by atoms with Gasteiger partial charge in [-0.1, -0.05) is 70.8 Å². The molecule has 0 atom stereocenters. The quantitative estimate of drug-likeness (QED) is 0.120. The van der Waals surface area contributed by atoms with Gasteiger partial charge < -0.3 is 14.7 Å². The van der Waals surface area contributed by atoms with E-state index < -0.39 is 15.3 Å². The Labute approximate surface area is 184 Å². The van der Waals surface area contributed by atoms with Crippen LogP contribution >= 0.6 is 0 Å². The summed E-state index contributed by atoms with van der Waals surface area (Å²) in [5.41, 5.74) is 0. The first kappa shape index (κ1) is 28.6. The molecule has 1 rings (SSSR count). The normalized spacial score (nSPS) is 10.4. The SMILES string of the molecule is CCCCCCCCCCCCOS(=O)(=O)[O-].O=[N+]([O-])c1ccccn1.[Na+]. The molecule has 0 saturated heterocycles. The molecule has 0 spiro atoms. The Morgan fingerprint density at radius 2 is 1.52 bits per heavy atom. The van der Waals surface area contributed by atoms with Gasteiger partial charge in [-0.3, -0.25) is 4.18 Å². The molecule has 0 aliphatic heterocycles. The zero-order chi connectivity index (χ0) is 19.7. The molecular weight excluding hydrogens is 383 g/mol. The number of nitro groups is 1. The van der Waals surface area contributed by atoms with Crippen LogP contribution in [0.1, 0.15) is 71.1 Å². The Kier molecular flexibility index (Phi) is 19.9. The zero-order valence-electron chi connectivity index (χ0n) is 16.3. The van der Waals surface area contributed by atoms with Crippen LogP contribution in [0.15, 0.2) is 24.4 Å². The van der Waals surface area contributed by atoms with Crippen molar-refractivity contribution in [3.8, 4) is 0 Å². The van der Waals surface area contributed by atoms with Gasteiger partial charge >= 0.3 is 35.4 Å². The van der Waals surface area contributed by atoms with Crippen molar-refractivity contribution in [1.29, 1.82) is 0 Å². The van der Waals surface area contributed by atoms with E-state index in [1.54, 1.807) is 12.1 Å². The number of hydrogen-bond donors (Lipinski definition) is 0.